The molecule has 6 nitrogen and oxygen atoms in total. The topological polar surface area (TPSA) is 95.1 Å². The lowest BCUT2D eigenvalue weighted by molar-refractivity contribution is -0.117. The highest BCUT2D eigenvalue weighted by atomic mass is 16.5. The molecule has 0 unspecified atom stereocenters. The van der Waals surface area contributed by atoms with Crippen molar-refractivity contribution in [1.29, 1.82) is 10.5 Å². The highest BCUT2D eigenvalue weighted by Gasteiger charge is 2.17. The van der Waals surface area contributed by atoms with Crippen molar-refractivity contribution in [2.75, 3.05) is 13.2 Å². The number of carbonyl (C=O) groups is 1. The molecule has 1 atom stereocenters. The summed E-state index contributed by atoms with van der Waals surface area (Å²) in [6.07, 6.45) is 3.48. The largest absolute Gasteiger partial charge is 0.489 e. The van der Waals surface area contributed by atoms with Gasteiger partial charge in [0.25, 0.3) is 5.91 Å². The maximum absolute atomic E-state index is 12.3. The van der Waals surface area contributed by atoms with Crippen molar-refractivity contribution >= 4 is 12.0 Å². The summed E-state index contributed by atoms with van der Waals surface area (Å²) in [6.45, 7) is 1.48. The van der Waals surface area contributed by atoms with E-state index in [-0.39, 0.29) is 11.7 Å². The molecule has 1 saturated heterocycles. The van der Waals surface area contributed by atoms with Crippen LogP contribution in [-0.2, 0) is 16.1 Å². The van der Waals surface area contributed by atoms with Crippen LogP contribution < -0.4 is 10.1 Å². The number of amides is 1. The summed E-state index contributed by atoms with van der Waals surface area (Å²) in [7, 11) is 0. The molecule has 6 heteroatoms. The van der Waals surface area contributed by atoms with Gasteiger partial charge in [0, 0.05) is 13.2 Å². The zero-order chi connectivity index (χ0) is 20.5. The number of hydrogen-bond acceptors (Lipinski definition) is 5. The SMILES string of the molecule is N#C/C(=C\c1cccc(OCc2ccc(C#N)cc2)c1)C(=O)NC[C@@H]1CCCO1. The molecule has 146 valence electrons. The van der Waals surface area contributed by atoms with Gasteiger partial charge in [-0.2, -0.15) is 10.5 Å². The lowest BCUT2D eigenvalue weighted by Crippen LogP contribution is -2.32. The number of nitrogens with one attached hydrogen (secondary N) is 1. The van der Waals surface area contributed by atoms with E-state index in [1.807, 2.05) is 24.3 Å². The van der Waals surface area contributed by atoms with Crippen LogP contribution in [-0.4, -0.2) is 25.2 Å². The van der Waals surface area contributed by atoms with E-state index in [0.717, 1.165) is 25.0 Å². The first-order valence-electron chi connectivity index (χ1n) is 9.41. The molecule has 1 heterocycles. The molecule has 1 aliphatic heterocycles. The minimum atomic E-state index is -0.410. The smallest absolute Gasteiger partial charge is 0.262 e. The molecule has 0 radical (unpaired) electrons. The summed E-state index contributed by atoms with van der Waals surface area (Å²) in [5.41, 5.74) is 2.28. The average molecular weight is 387 g/mol. The van der Waals surface area contributed by atoms with Gasteiger partial charge in [-0.05, 0) is 54.3 Å². The van der Waals surface area contributed by atoms with Crippen LogP contribution in [0.25, 0.3) is 6.08 Å². The van der Waals surface area contributed by atoms with Crippen LogP contribution in [0.1, 0.15) is 29.5 Å². The van der Waals surface area contributed by atoms with E-state index in [9.17, 15) is 10.1 Å². The number of ether oxygens (including phenoxy) is 2. The number of rotatable bonds is 7. The number of nitriles is 2. The second kappa shape index (κ2) is 10.1. The van der Waals surface area contributed by atoms with E-state index in [1.165, 1.54) is 0 Å². The molecule has 0 aromatic heterocycles. The Bertz CT molecular complexity index is 962. The Balaban J connectivity index is 1.61. The highest BCUT2D eigenvalue weighted by Crippen LogP contribution is 2.18. The number of hydrogen-bond donors (Lipinski definition) is 1. The van der Waals surface area contributed by atoms with E-state index in [4.69, 9.17) is 14.7 Å². The van der Waals surface area contributed by atoms with Gasteiger partial charge in [-0.3, -0.25) is 4.79 Å². The summed E-state index contributed by atoms with van der Waals surface area (Å²) < 4.78 is 11.3. The van der Waals surface area contributed by atoms with Gasteiger partial charge in [-0.15, -0.1) is 0 Å². The maximum atomic E-state index is 12.3. The van der Waals surface area contributed by atoms with Gasteiger partial charge in [0.1, 0.15) is 24.0 Å². The van der Waals surface area contributed by atoms with E-state index in [2.05, 4.69) is 11.4 Å². The molecule has 0 aliphatic carbocycles. The van der Waals surface area contributed by atoms with Gasteiger partial charge >= 0.3 is 0 Å². The predicted octanol–water partition coefficient (Wildman–Crippen LogP) is 3.34. The highest BCUT2D eigenvalue weighted by molar-refractivity contribution is 6.01. The van der Waals surface area contributed by atoms with Gasteiger partial charge in [0.05, 0.1) is 17.7 Å². The van der Waals surface area contributed by atoms with Gasteiger partial charge in [0.15, 0.2) is 0 Å². The Morgan fingerprint density at radius 1 is 1.24 bits per heavy atom. The summed E-state index contributed by atoms with van der Waals surface area (Å²) in [4.78, 5) is 12.3. The van der Waals surface area contributed by atoms with E-state index < -0.39 is 5.91 Å². The molecule has 3 rings (SSSR count). The van der Waals surface area contributed by atoms with Gasteiger partial charge in [-0.1, -0.05) is 24.3 Å². The first kappa shape index (κ1) is 20.1. The van der Waals surface area contributed by atoms with Crippen LogP contribution in [0.3, 0.4) is 0 Å². The van der Waals surface area contributed by atoms with Crippen molar-refractivity contribution < 1.29 is 14.3 Å². The molecule has 0 saturated carbocycles. The van der Waals surface area contributed by atoms with Gasteiger partial charge in [-0.25, -0.2) is 0 Å². The quantitative estimate of drug-likeness (QED) is 0.581. The predicted molar refractivity (Wildman–Crippen MR) is 108 cm³/mol. The fourth-order valence-corrected chi connectivity index (χ4v) is 2.96. The molecule has 1 fully saturated rings. The molecule has 1 amide bonds. The molecular weight excluding hydrogens is 366 g/mol. The van der Waals surface area contributed by atoms with Crippen LogP contribution in [0.5, 0.6) is 5.75 Å². The average Bonchev–Trinajstić information content (AvgIpc) is 3.29. The van der Waals surface area contributed by atoms with Crippen molar-refractivity contribution in [3.05, 3.63) is 70.8 Å². The monoisotopic (exact) mass is 387 g/mol. The molecule has 2 aromatic rings. The maximum Gasteiger partial charge on any atom is 0.262 e. The third kappa shape index (κ3) is 5.93. The Kier molecular flexibility index (Phi) is 7.00. The van der Waals surface area contributed by atoms with Crippen molar-refractivity contribution in [1.82, 2.24) is 5.32 Å². The van der Waals surface area contributed by atoms with E-state index in [1.54, 1.807) is 36.4 Å². The zero-order valence-electron chi connectivity index (χ0n) is 15.9. The van der Waals surface area contributed by atoms with Crippen molar-refractivity contribution in [2.45, 2.75) is 25.6 Å². The first-order valence-corrected chi connectivity index (χ1v) is 9.41. The van der Waals surface area contributed by atoms with Crippen LogP contribution in [0.4, 0.5) is 0 Å². The van der Waals surface area contributed by atoms with Crippen molar-refractivity contribution in [3.8, 4) is 17.9 Å². The normalized spacial score (nSPS) is 15.9. The fourth-order valence-electron chi connectivity index (χ4n) is 2.96. The summed E-state index contributed by atoms with van der Waals surface area (Å²) >= 11 is 0. The van der Waals surface area contributed by atoms with Gasteiger partial charge < -0.3 is 14.8 Å². The summed E-state index contributed by atoms with van der Waals surface area (Å²) in [6, 6.07) is 18.4. The molecule has 2 aromatic carbocycles. The van der Waals surface area contributed by atoms with Crippen LogP contribution in [0, 0.1) is 22.7 Å². The van der Waals surface area contributed by atoms with Crippen molar-refractivity contribution in [2.24, 2.45) is 0 Å². The fraction of sp³-hybridized carbons (Fsp3) is 0.261. The first-order chi connectivity index (χ1) is 14.2. The van der Waals surface area contributed by atoms with Crippen LogP contribution in [0.15, 0.2) is 54.1 Å². The third-order valence-electron chi connectivity index (χ3n) is 4.54. The molecular formula is C23H21N3O3. The van der Waals surface area contributed by atoms with Crippen LogP contribution >= 0.6 is 0 Å². The minimum absolute atomic E-state index is 0.0258. The minimum Gasteiger partial charge on any atom is -0.489 e. The zero-order valence-corrected chi connectivity index (χ0v) is 15.9. The Morgan fingerprint density at radius 3 is 2.76 bits per heavy atom. The second-order valence-electron chi connectivity index (χ2n) is 6.68. The molecule has 0 bridgehead atoms. The molecule has 1 N–H and O–H groups in total. The number of carbonyl (C=O) groups excluding carboxylic acids is 1. The lowest BCUT2D eigenvalue weighted by atomic mass is 10.1. The van der Waals surface area contributed by atoms with E-state index in [0.29, 0.717) is 30.0 Å². The Labute approximate surface area is 170 Å². The summed E-state index contributed by atoms with van der Waals surface area (Å²) in [5, 5.41) is 20.9. The van der Waals surface area contributed by atoms with Crippen molar-refractivity contribution in [3.63, 3.8) is 0 Å². The van der Waals surface area contributed by atoms with Crippen LogP contribution in [0.2, 0.25) is 0 Å². The molecule has 1 aliphatic rings. The number of nitrogens with zero attached hydrogens (tertiary/aromatic N) is 2. The lowest BCUT2D eigenvalue weighted by Gasteiger charge is -2.10. The Morgan fingerprint density at radius 2 is 2.07 bits per heavy atom. The third-order valence-corrected chi connectivity index (χ3v) is 4.54. The number of benzene rings is 2. The van der Waals surface area contributed by atoms with E-state index >= 15 is 0 Å². The second-order valence-corrected chi connectivity index (χ2v) is 6.68. The molecule has 29 heavy (non-hydrogen) atoms. The van der Waals surface area contributed by atoms with Gasteiger partial charge in [0.2, 0.25) is 0 Å². The standard InChI is InChI=1S/C23H21N3O3/c24-13-17-6-8-18(9-7-17)16-29-21-4-1-3-19(12-21)11-20(14-25)23(27)26-15-22-5-2-10-28-22/h1,3-4,6-9,11-12,22H,2,5,10,15-16H2,(H,26,27)/b20-11+/t22-/m0/s1. The Hall–Kier alpha value is -3.61. The summed E-state index contributed by atoms with van der Waals surface area (Å²) in [5.74, 6) is 0.215. The molecule has 0 spiro atoms.